The van der Waals surface area contributed by atoms with Crippen LogP contribution in [0.3, 0.4) is 0 Å². The van der Waals surface area contributed by atoms with Crippen LogP contribution in [0.25, 0.3) is 10.2 Å². The van der Waals surface area contributed by atoms with E-state index in [4.69, 9.17) is 0 Å². The van der Waals surface area contributed by atoms with Crippen molar-refractivity contribution >= 4 is 33.6 Å². The summed E-state index contributed by atoms with van der Waals surface area (Å²) in [6, 6.07) is 3.58. The average Bonchev–Trinajstić information content (AvgIpc) is 2.79. The lowest BCUT2D eigenvalue weighted by Crippen LogP contribution is -1.96. The SMILES string of the molecule is Cc1sc2ncnc(N/N=C\c3ccc(F)c(F)c3)c2c1C. The van der Waals surface area contributed by atoms with Crippen LogP contribution < -0.4 is 5.43 Å². The number of hydrogen-bond acceptors (Lipinski definition) is 5. The van der Waals surface area contributed by atoms with Crippen LogP contribution in [0, 0.1) is 25.5 Å². The van der Waals surface area contributed by atoms with E-state index >= 15 is 0 Å². The molecule has 3 rings (SSSR count). The van der Waals surface area contributed by atoms with Crippen LogP contribution in [0.1, 0.15) is 16.0 Å². The van der Waals surface area contributed by atoms with Crippen molar-refractivity contribution in [2.75, 3.05) is 5.43 Å². The summed E-state index contributed by atoms with van der Waals surface area (Å²) in [7, 11) is 0. The van der Waals surface area contributed by atoms with Crippen molar-refractivity contribution in [1.82, 2.24) is 9.97 Å². The summed E-state index contributed by atoms with van der Waals surface area (Å²) >= 11 is 1.59. The lowest BCUT2D eigenvalue weighted by molar-refractivity contribution is 0.508. The number of nitrogens with zero attached hydrogens (tertiary/aromatic N) is 3. The molecule has 0 unspecified atom stereocenters. The third-order valence-electron chi connectivity index (χ3n) is 3.29. The summed E-state index contributed by atoms with van der Waals surface area (Å²) in [4.78, 5) is 10.5. The first-order valence-electron chi connectivity index (χ1n) is 6.51. The Morgan fingerprint density at radius 1 is 1.18 bits per heavy atom. The standard InChI is InChI=1S/C15H12F2N4S/c1-8-9(2)22-15-13(8)14(18-7-19-15)21-20-6-10-3-4-11(16)12(17)5-10/h3-7H,1-2H3,(H,18,19,21)/b20-6-. The fourth-order valence-electron chi connectivity index (χ4n) is 2.03. The molecular formula is C15H12F2N4S. The highest BCUT2D eigenvalue weighted by Gasteiger charge is 2.11. The third-order valence-corrected chi connectivity index (χ3v) is 4.41. The largest absolute Gasteiger partial charge is 0.261 e. The van der Waals surface area contributed by atoms with Crippen LogP contribution in [0.5, 0.6) is 0 Å². The molecule has 0 atom stereocenters. The first-order chi connectivity index (χ1) is 10.6. The van der Waals surface area contributed by atoms with E-state index < -0.39 is 11.6 Å². The predicted molar refractivity (Wildman–Crippen MR) is 84.5 cm³/mol. The Kier molecular flexibility index (Phi) is 3.81. The number of hydrazone groups is 1. The highest BCUT2D eigenvalue weighted by atomic mass is 32.1. The normalized spacial score (nSPS) is 11.5. The van der Waals surface area contributed by atoms with E-state index in [2.05, 4.69) is 20.5 Å². The quantitative estimate of drug-likeness (QED) is 0.586. The van der Waals surface area contributed by atoms with Crippen LogP contribution in [0.15, 0.2) is 29.6 Å². The van der Waals surface area contributed by atoms with Gasteiger partial charge in [-0.15, -0.1) is 11.3 Å². The van der Waals surface area contributed by atoms with E-state index in [9.17, 15) is 8.78 Å². The molecule has 3 aromatic rings. The summed E-state index contributed by atoms with van der Waals surface area (Å²) in [6.45, 7) is 4.03. The van der Waals surface area contributed by atoms with Gasteiger partial charge in [0, 0.05) is 4.88 Å². The van der Waals surface area contributed by atoms with Crippen molar-refractivity contribution in [2.24, 2.45) is 5.10 Å². The van der Waals surface area contributed by atoms with Gasteiger partial charge in [0.15, 0.2) is 17.5 Å². The van der Waals surface area contributed by atoms with Crippen LogP contribution in [0.2, 0.25) is 0 Å². The maximum Gasteiger partial charge on any atom is 0.159 e. The Hall–Kier alpha value is -2.41. The molecule has 0 fully saturated rings. The van der Waals surface area contributed by atoms with Gasteiger partial charge in [0.2, 0.25) is 0 Å². The molecule has 1 N–H and O–H groups in total. The van der Waals surface area contributed by atoms with Crippen molar-refractivity contribution in [3.63, 3.8) is 0 Å². The number of benzene rings is 1. The monoisotopic (exact) mass is 318 g/mol. The third kappa shape index (κ3) is 2.67. The second-order valence-electron chi connectivity index (χ2n) is 4.73. The maximum absolute atomic E-state index is 13.1. The van der Waals surface area contributed by atoms with Gasteiger partial charge in [-0.1, -0.05) is 6.07 Å². The molecule has 0 spiro atoms. The molecule has 0 bridgehead atoms. The van der Waals surface area contributed by atoms with Crippen LogP contribution in [-0.4, -0.2) is 16.2 Å². The number of nitrogens with one attached hydrogen (secondary N) is 1. The zero-order valence-corrected chi connectivity index (χ0v) is 12.7. The molecule has 4 nitrogen and oxygen atoms in total. The van der Waals surface area contributed by atoms with Gasteiger partial charge < -0.3 is 0 Å². The van der Waals surface area contributed by atoms with Crippen LogP contribution in [-0.2, 0) is 0 Å². The summed E-state index contributed by atoms with van der Waals surface area (Å²) in [5, 5.41) is 4.96. The van der Waals surface area contributed by atoms with Crippen molar-refractivity contribution in [2.45, 2.75) is 13.8 Å². The first kappa shape index (κ1) is 14.5. The van der Waals surface area contributed by atoms with E-state index in [0.717, 1.165) is 27.9 Å². The zero-order chi connectivity index (χ0) is 15.7. The number of hydrogen-bond donors (Lipinski definition) is 1. The van der Waals surface area contributed by atoms with Gasteiger partial charge in [0.05, 0.1) is 11.6 Å². The number of rotatable bonds is 3. The van der Waals surface area contributed by atoms with Crippen LogP contribution in [0.4, 0.5) is 14.6 Å². The Labute approximate surface area is 129 Å². The highest BCUT2D eigenvalue weighted by molar-refractivity contribution is 7.18. The molecular weight excluding hydrogens is 306 g/mol. The molecule has 22 heavy (non-hydrogen) atoms. The Morgan fingerprint density at radius 3 is 2.77 bits per heavy atom. The minimum atomic E-state index is -0.905. The van der Waals surface area contributed by atoms with E-state index in [1.807, 2.05) is 13.8 Å². The number of aryl methyl sites for hydroxylation is 2. The van der Waals surface area contributed by atoms with Gasteiger partial charge in [0.1, 0.15) is 11.2 Å². The zero-order valence-electron chi connectivity index (χ0n) is 11.9. The highest BCUT2D eigenvalue weighted by Crippen LogP contribution is 2.32. The molecule has 0 saturated heterocycles. The number of halogens is 2. The Bertz CT molecular complexity index is 873. The second kappa shape index (κ2) is 5.76. The van der Waals surface area contributed by atoms with Crippen molar-refractivity contribution in [3.8, 4) is 0 Å². The molecule has 112 valence electrons. The van der Waals surface area contributed by atoms with Gasteiger partial charge in [-0.05, 0) is 37.1 Å². The lowest BCUT2D eigenvalue weighted by Gasteiger charge is -2.02. The molecule has 1 aromatic carbocycles. The van der Waals surface area contributed by atoms with Crippen molar-refractivity contribution in [1.29, 1.82) is 0 Å². The second-order valence-corrected chi connectivity index (χ2v) is 5.93. The maximum atomic E-state index is 13.1. The Morgan fingerprint density at radius 2 is 2.00 bits per heavy atom. The minimum Gasteiger partial charge on any atom is -0.261 e. The van der Waals surface area contributed by atoms with Gasteiger partial charge in [0.25, 0.3) is 0 Å². The number of fused-ring (bicyclic) bond motifs is 1. The minimum absolute atomic E-state index is 0.454. The summed E-state index contributed by atoms with van der Waals surface area (Å²) in [5.41, 5.74) is 4.39. The van der Waals surface area contributed by atoms with E-state index in [0.29, 0.717) is 11.4 Å². The van der Waals surface area contributed by atoms with Crippen LogP contribution >= 0.6 is 11.3 Å². The number of aromatic nitrogens is 2. The molecule has 0 saturated carbocycles. The van der Waals surface area contributed by atoms with Gasteiger partial charge >= 0.3 is 0 Å². The van der Waals surface area contributed by atoms with Gasteiger partial charge in [-0.3, -0.25) is 5.43 Å². The van der Waals surface area contributed by atoms with Crippen molar-refractivity contribution < 1.29 is 8.78 Å². The molecule has 0 aliphatic heterocycles. The molecule has 0 radical (unpaired) electrons. The van der Waals surface area contributed by atoms with Crippen molar-refractivity contribution in [3.05, 3.63) is 52.2 Å². The predicted octanol–water partition coefficient (Wildman–Crippen LogP) is 4.03. The molecule has 2 heterocycles. The van der Waals surface area contributed by atoms with Gasteiger partial charge in [-0.25, -0.2) is 18.7 Å². The lowest BCUT2D eigenvalue weighted by atomic mass is 10.2. The number of thiophene rings is 1. The summed E-state index contributed by atoms with van der Waals surface area (Å²) in [5.74, 6) is -1.20. The molecule has 0 amide bonds. The molecule has 2 aromatic heterocycles. The van der Waals surface area contributed by atoms with E-state index in [1.165, 1.54) is 23.5 Å². The van der Waals surface area contributed by atoms with Gasteiger partial charge in [-0.2, -0.15) is 5.10 Å². The molecule has 0 aliphatic rings. The first-order valence-corrected chi connectivity index (χ1v) is 7.32. The van der Waals surface area contributed by atoms with E-state index in [1.54, 1.807) is 11.3 Å². The van der Waals surface area contributed by atoms with E-state index in [-0.39, 0.29) is 0 Å². The molecule has 0 aliphatic carbocycles. The Balaban J connectivity index is 1.87. The number of anilines is 1. The fraction of sp³-hybridized carbons (Fsp3) is 0.133. The molecule has 7 heteroatoms. The smallest absolute Gasteiger partial charge is 0.159 e. The fourth-order valence-corrected chi connectivity index (χ4v) is 3.02. The summed E-state index contributed by atoms with van der Waals surface area (Å²) in [6.07, 6.45) is 2.87. The summed E-state index contributed by atoms with van der Waals surface area (Å²) < 4.78 is 26.0. The topological polar surface area (TPSA) is 50.2 Å². The average molecular weight is 318 g/mol.